The van der Waals surface area contributed by atoms with Crippen molar-refractivity contribution in [1.82, 2.24) is 28.9 Å². The Morgan fingerprint density at radius 2 is 1.86 bits per heavy atom. The topological polar surface area (TPSA) is 112 Å². The lowest BCUT2D eigenvalue weighted by molar-refractivity contribution is -0.132. The first-order valence-corrected chi connectivity index (χ1v) is 15.9. The summed E-state index contributed by atoms with van der Waals surface area (Å²) in [6.45, 7) is 5.52. The summed E-state index contributed by atoms with van der Waals surface area (Å²) in [5.41, 5.74) is 10.6. The van der Waals surface area contributed by atoms with Crippen LogP contribution < -0.4 is 10.5 Å². The van der Waals surface area contributed by atoms with Crippen LogP contribution in [0, 0.1) is 17.8 Å². The quantitative estimate of drug-likeness (QED) is 0.309. The fourth-order valence-electron chi connectivity index (χ4n) is 7.72. The fourth-order valence-corrected chi connectivity index (χ4v) is 7.72. The number of nitrogens with zero attached hydrogens (tertiary/aromatic N) is 6. The van der Waals surface area contributed by atoms with Crippen LogP contribution in [-0.2, 0) is 17.9 Å². The van der Waals surface area contributed by atoms with Crippen LogP contribution in [0.5, 0.6) is 5.75 Å². The molecular formula is C34H39N7O3. The summed E-state index contributed by atoms with van der Waals surface area (Å²) < 4.78 is 10.6. The van der Waals surface area contributed by atoms with E-state index in [0.717, 1.165) is 53.0 Å². The molecule has 10 heteroatoms. The smallest absolute Gasteiger partial charge is 0.254 e. The minimum absolute atomic E-state index is 0.00637. The number of amides is 2. The molecule has 0 unspecified atom stereocenters. The van der Waals surface area contributed by atoms with Crippen LogP contribution in [0.15, 0.2) is 48.7 Å². The van der Waals surface area contributed by atoms with Crippen LogP contribution >= 0.6 is 0 Å². The van der Waals surface area contributed by atoms with Gasteiger partial charge in [0.05, 0.1) is 18.3 Å². The number of benzene rings is 1. The first-order chi connectivity index (χ1) is 21.4. The molecular weight excluding hydrogens is 554 g/mol. The van der Waals surface area contributed by atoms with E-state index >= 15 is 0 Å². The molecule has 2 aliphatic carbocycles. The van der Waals surface area contributed by atoms with Crippen molar-refractivity contribution >= 4 is 33.9 Å². The van der Waals surface area contributed by atoms with Crippen molar-refractivity contribution in [2.75, 3.05) is 26.7 Å². The minimum atomic E-state index is -0.00637. The van der Waals surface area contributed by atoms with E-state index in [9.17, 15) is 9.59 Å². The molecule has 2 saturated heterocycles. The van der Waals surface area contributed by atoms with E-state index < -0.39 is 0 Å². The van der Waals surface area contributed by atoms with Crippen molar-refractivity contribution in [3.8, 4) is 17.3 Å². The molecule has 2 aliphatic heterocycles. The zero-order chi connectivity index (χ0) is 30.1. The van der Waals surface area contributed by atoms with E-state index in [2.05, 4.69) is 21.3 Å². The summed E-state index contributed by atoms with van der Waals surface area (Å²) in [4.78, 5) is 40.2. The van der Waals surface area contributed by atoms with E-state index in [-0.39, 0.29) is 29.8 Å². The normalized spacial score (nSPS) is 23.4. The Balaban J connectivity index is 1.24. The highest BCUT2D eigenvalue weighted by Gasteiger charge is 2.47. The molecule has 8 rings (SSSR count). The Morgan fingerprint density at radius 1 is 1.05 bits per heavy atom. The van der Waals surface area contributed by atoms with Gasteiger partial charge in [-0.05, 0) is 80.9 Å². The monoisotopic (exact) mass is 593 g/mol. The van der Waals surface area contributed by atoms with Crippen LogP contribution in [-0.4, -0.2) is 79.5 Å². The Bertz CT molecular complexity index is 1810. The molecule has 10 nitrogen and oxygen atoms in total. The number of carbonyl (C=O) groups is 2. The van der Waals surface area contributed by atoms with E-state index in [1.165, 1.54) is 12.8 Å². The van der Waals surface area contributed by atoms with E-state index in [1.807, 2.05) is 41.1 Å². The molecule has 2 bridgehead atoms. The molecule has 2 N–H and O–H groups in total. The SMILES string of the molecule is C/C=C/C(=O)N1CC(Cn2c(-c3cc4cccnc4n3CC3CC3)nc3cc(C(=O)N4C[C@H]5CC[C@@H]4[C@@H]5N)cc(OC)c32)C1. The van der Waals surface area contributed by atoms with Gasteiger partial charge in [-0.15, -0.1) is 0 Å². The third-order valence-corrected chi connectivity index (χ3v) is 10.2. The summed E-state index contributed by atoms with van der Waals surface area (Å²) in [6, 6.07) is 10.2. The highest BCUT2D eigenvalue weighted by atomic mass is 16.5. The summed E-state index contributed by atoms with van der Waals surface area (Å²) >= 11 is 0. The maximum Gasteiger partial charge on any atom is 0.254 e. The number of methoxy groups -OCH3 is 1. The molecule has 4 aliphatic rings. The molecule has 0 spiro atoms. The van der Waals surface area contributed by atoms with E-state index in [1.54, 1.807) is 19.3 Å². The number of rotatable bonds is 8. The van der Waals surface area contributed by atoms with Gasteiger partial charge in [0.1, 0.15) is 16.9 Å². The number of allylic oxidation sites excluding steroid dienone is 1. The largest absolute Gasteiger partial charge is 0.494 e. The first-order valence-electron chi connectivity index (χ1n) is 15.9. The van der Waals surface area contributed by atoms with Gasteiger partial charge in [0.15, 0.2) is 5.82 Å². The predicted octanol–water partition coefficient (Wildman–Crippen LogP) is 4.07. The minimum Gasteiger partial charge on any atom is -0.494 e. The van der Waals surface area contributed by atoms with Crippen molar-refractivity contribution in [3.05, 3.63) is 54.2 Å². The lowest BCUT2D eigenvalue weighted by atomic mass is 9.99. The van der Waals surface area contributed by atoms with Gasteiger partial charge >= 0.3 is 0 Å². The molecule has 3 aromatic heterocycles. The van der Waals surface area contributed by atoms with Gasteiger partial charge in [0, 0.05) is 67.9 Å². The van der Waals surface area contributed by atoms with Gasteiger partial charge in [-0.3, -0.25) is 9.59 Å². The lowest BCUT2D eigenvalue weighted by Gasteiger charge is -2.39. The molecule has 2 amide bonds. The number of ether oxygens (including phenoxy) is 1. The molecule has 228 valence electrons. The maximum atomic E-state index is 13.9. The van der Waals surface area contributed by atoms with Crippen LogP contribution in [0.4, 0.5) is 0 Å². The van der Waals surface area contributed by atoms with Crippen molar-refractivity contribution < 1.29 is 14.3 Å². The highest BCUT2D eigenvalue weighted by Crippen LogP contribution is 2.41. The number of carbonyl (C=O) groups excluding carboxylic acids is 2. The highest BCUT2D eigenvalue weighted by molar-refractivity contribution is 6.00. The molecule has 5 heterocycles. The number of fused-ring (bicyclic) bond motifs is 4. The summed E-state index contributed by atoms with van der Waals surface area (Å²) in [5.74, 6) is 2.79. The molecule has 0 radical (unpaired) electrons. The number of likely N-dealkylation sites (tertiary alicyclic amines) is 2. The van der Waals surface area contributed by atoms with Crippen LogP contribution in [0.25, 0.3) is 33.6 Å². The number of piperidine rings is 1. The van der Waals surface area contributed by atoms with Crippen LogP contribution in [0.1, 0.15) is 43.0 Å². The zero-order valence-electron chi connectivity index (χ0n) is 25.4. The van der Waals surface area contributed by atoms with Crippen molar-refractivity contribution in [2.45, 2.75) is 57.8 Å². The number of nitrogens with two attached hydrogens (primary N) is 1. The average molecular weight is 594 g/mol. The van der Waals surface area contributed by atoms with Gasteiger partial charge in [0.2, 0.25) is 5.91 Å². The Labute approximate surface area is 256 Å². The molecule has 1 aromatic carbocycles. The Hall–Kier alpha value is -4.18. The van der Waals surface area contributed by atoms with Crippen LogP contribution in [0.2, 0.25) is 0 Å². The predicted molar refractivity (Wildman–Crippen MR) is 168 cm³/mol. The molecule has 4 fully saturated rings. The Morgan fingerprint density at radius 3 is 2.57 bits per heavy atom. The van der Waals surface area contributed by atoms with Crippen LogP contribution in [0.3, 0.4) is 0 Å². The number of imidazole rings is 1. The maximum absolute atomic E-state index is 13.9. The van der Waals surface area contributed by atoms with E-state index in [0.29, 0.717) is 49.3 Å². The average Bonchev–Trinajstić information content (AvgIpc) is 3.36. The zero-order valence-corrected chi connectivity index (χ0v) is 25.4. The third kappa shape index (κ3) is 4.41. The fraction of sp³-hybridized carbons (Fsp3) is 0.471. The second kappa shape index (κ2) is 10.5. The number of hydrogen-bond donors (Lipinski definition) is 1. The van der Waals surface area contributed by atoms with Crippen molar-refractivity contribution in [3.63, 3.8) is 0 Å². The second-order valence-electron chi connectivity index (χ2n) is 13.1. The second-order valence-corrected chi connectivity index (χ2v) is 13.1. The van der Waals surface area contributed by atoms with Crippen molar-refractivity contribution in [1.29, 1.82) is 0 Å². The molecule has 4 aromatic rings. The standard InChI is InChI=1S/C34H39N7O3/c1-3-5-29(42)38-15-21(16-38)18-41-31-25(12-24(14-28(31)44-2)34(43)40-19-23-9-10-26(40)30(23)35)37-33(41)27-13-22-6-4-11-36-32(22)39(27)17-20-7-8-20/h3-6,11-14,20-21,23,26,30H,7-10,15-19,35H2,1-2H3/b5-3+/t23-,26-,30-/m1/s1. The summed E-state index contributed by atoms with van der Waals surface area (Å²) in [6.07, 6.45) is 9.76. The summed E-state index contributed by atoms with van der Waals surface area (Å²) in [5, 5.41) is 1.08. The lowest BCUT2D eigenvalue weighted by Crippen LogP contribution is -2.50. The number of aromatic nitrogens is 4. The van der Waals surface area contributed by atoms with Gasteiger partial charge in [0.25, 0.3) is 5.91 Å². The number of pyridine rings is 1. The van der Waals surface area contributed by atoms with E-state index in [4.69, 9.17) is 20.4 Å². The molecule has 3 atom stereocenters. The molecule has 44 heavy (non-hydrogen) atoms. The summed E-state index contributed by atoms with van der Waals surface area (Å²) in [7, 11) is 1.66. The first kappa shape index (κ1) is 27.4. The third-order valence-electron chi connectivity index (χ3n) is 10.2. The molecule has 2 saturated carbocycles. The number of hydrogen-bond acceptors (Lipinski definition) is 6. The van der Waals surface area contributed by atoms with Gasteiger partial charge < -0.3 is 29.4 Å². The van der Waals surface area contributed by atoms with Gasteiger partial charge in [-0.25, -0.2) is 9.97 Å². The Kier molecular flexibility index (Phi) is 6.51. The van der Waals surface area contributed by atoms with Gasteiger partial charge in [-0.1, -0.05) is 6.08 Å². The van der Waals surface area contributed by atoms with Crippen molar-refractivity contribution in [2.24, 2.45) is 23.5 Å². The van der Waals surface area contributed by atoms with Gasteiger partial charge in [-0.2, -0.15) is 0 Å².